The smallest absolute Gasteiger partial charge is 0.410 e. The van der Waals surface area contributed by atoms with E-state index in [0.29, 0.717) is 42.5 Å². The lowest BCUT2D eigenvalue weighted by atomic mass is 10.1. The zero-order chi connectivity index (χ0) is 32.6. The largest absolute Gasteiger partial charge is 0.483 e. The van der Waals surface area contributed by atoms with Crippen molar-refractivity contribution < 1.29 is 37.7 Å². The Hall–Kier alpha value is -4.19. The van der Waals surface area contributed by atoms with E-state index < -0.39 is 29.2 Å². The van der Waals surface area contributed by atoms with Crippen LogP contribution in [0.15, 0.2) is 42.6 Å². The molecule has 3 aromatic rings. The lowest BCUT2D eigenvalue weighted by Crippen LogP contribution is -2.52. The highest BCUT2D eigenvalue weighted by atomic mass is 35.5. The fourth-order valence-electron chi connectivity index (χ4n) is 4.68. The Kier molecular flexibility index (Phi) is 11.7. The highest BCUT2D eigenvalue weighted by molar-refractivity contribution is 6.31. The van der Waals surface area contributed by atoms with Crippen molar-refractivity contribution in [2.45, 2.75) is 59.1 Å². The first-order valence-corrected chi connectivity index (χ1v) is 14.6. The van der Waals surface area contributed by atoms with Crippen molar-refractivity contribution in [3.05, 3.63) is 64.8 Å². The maximum atomic E-state index is 15.1. The maximum Gasteiger partial charge on any atom is 0.410 e. The fraction of sp³-hybridized carbons (Fsp3) is 0.419. The molecule has 238 valence electrons. The Labute approximate surface area is 260 Å². The van der Waals surface area contributed by atoms with Crippen LogP contribution in [-0.4, -0.2) is 74.9 Å². The second-order valence-corrected chi connectivity index (χ2v) is 11.2. The minimum absolute atomic E-state index is 0.126. The average molecular weight is 635 g/mol. The van der Waals surface area contributed by atoms with Crippen molar-refractivity contribution in [1.29, 1.82) is 0 Å². The fourth-order valence-corrected chi connectivity index (χ4v) is 4.85. The van der Waals surface area contributed by atoms with E-state index in [0.717, 1.165) is 25.0 Å². The predicted molar refractivity (Wildman–Crippen MR) is 161 cm³/mol. The maximum absolute atomic E-state index is 15.1. The lowest BCUT2D eigenvalue weighted by Gasteiger charge is -2.40. The second-order valence-electron chi connectivity index (χ2n) is 10.8. The predicted octanol–water partition coefficient (Wildman–Crippen LogP) is 7.03. The van der Waals surface area contributed by atoms with Gasteiger partial charge in [0.2, 0.25) is 0 Å². The summed E-state index contributed by atoms with van der Waals surface area (Å²) in [7, 11) is 0. The molecule has 10 nitrogen and oxygen atoms in total. The van der Waals surface area contributed by atoms with Crippen LogP contribution >= 0.6 is 11.6 Å². The quantitative estimate of drug-likeness (QED) is 0.300. The first kappa shape index (κ1) is 34.3. The van der Waals surface area contributed by atoms with Crippen LogP contribution in [0.25, 0.3) is 11.3 Å². The van der Waals surface area contributed by atoms with Crippen LogP contribution in [0.1, 0.15) is 63.9 Å². The molecule has 0 saturated carbocycles. The number of amides is 2. The minimum Gasteiger partial charge on any atom is -0.483 e. The van der Waals surface area contributed by atoms with Crippen LogP contribution < -0.4 is 4.74 Å². The van der Waals surface area contributed by atoms with E-state index in [1.165, 1.54) is 4.90 Å². The molecule has 3 heterocycles. The number of rotatable bonds is 5. The topological polar surface area (TPSA) is 114 Å². The van der Waals surface area contributed by atoms with E-state index in [-0.39, 0.29) is 29.6 Å². The van der Waals surface area contributed by atoms with Gasteiger partial charge in [0.15, 0.2) is 11.6 Å². The van der Waals surface area contributed by atoms with E-state index >= 15 is 4.39 Å². The summed E-state index contributed by atoms with van der Waals surface area (Å²) in [5, 5.41) is 11.7. The van der Waals surface area contributed by atoms with Gasteiger partial charge in [-0.05, 0) is 63.9 Å². The molecule has 5 rings (SSSR count). The van der Waals surface area contributed by atoms with E-state index in [1.54, 1.807) is 40.0 Å². The van der Waals surface area contributed by atoms with Gasteiger partial charge in [-0.2, -0.15) is 5.10 Å². The van der Waals surface area contributed by atoms with Gasteiger partial charge >= 0.3 is 6.09 Å². The van der Waals surface area contributed by atoms with Crippen LogP contribution in [0, 0.1) is 11.6 Å². The summed E-state index contributed by atoms with van der Waals surface area (Å²) in [5.74, 6) is -2.39. The minimum atomic E-state index is -0.861. The highest BCUT2D eigenvalue weighted by Crippen LogP contribution is 2.39. The molecule has 0 spiro atoms. The van der Waals surface area contributed by atoms with Crippen molar-refractivity contribution in [2.24, 2.45) is 0 Å². The third kappa shape index (κ3) is 8.25. The molecular formula is C31H37ClF2N4O6. The first-order chi connectivity index (χ1) is 20.9. The van der Waals surface area contributed by atoms with Gasteiger partial charge in [0.1, 0.15) is 17.2 Å². The lowest BCUT2D eigenvalue weighted by molar-refractivity contribution is -0.122. The van der Waals surface area contributed by atoms with Crippen molar-refractivity contribution in [3.63, 3.8) is 0 Å². The van der Waals surface area contributed by atoms with Gasteiger partial charge in [0.25, 0.3) is 12.4 Å². The number of ether oxygens (including phenoxy) is 2. The summed E-state index contributed by atoms with van der Waals surface area (Å²) in [6, 6.07) is 8.18. The summed E-state index contributed by atoms with van der Waals surface area (Å²) >= 11 is 6.29. The SMILES string of the molecule is CC.CC(C)(C)OC(=O)N1CC(n2nccc2-c2cc(Cl)ccc2Oc2cc(F)c(C(=O)N3CCCC3)cc2F)C1.O=CO. The average Bonchev–Trinajstić information content (AvgIpc) is 3.64. The van der Waals surface area contributed by atoms with E-state index in [9.17, 15) is 14.0 Å². The van der Waals surface area contributed by atoms with Gasteiger partial charge < -0.3 is 24.4 Å². The molecule has 0 atom stereocenters. The third-order valence-corrected chi connectivity index (χ3v) is 6.85. The highest BCUT2D eigenvalue weighted by Gasteiger charge is 2.36. The van der Waals surface area contributed by atoms with Gasteiger partial charge in [-0.3, -0.25) is 14.3 Å². The number of carboxylic acid groups (broad SMARTS) is 1. The number of hydrogen-bond donors (Lipinski definition) is 1. The Morgan fingerprint density at radius 2 is 1.64 bits per heavy atom. The third-order valence-electron chi connectivity index (χ3n) is 6.61. The molecule has 0 aliphatic carbocycles. The first-order valence-electron chi connectivity index (χ1n) is 14.3. The molecule has 2 amide bonds. The summed E-state index contributed by atoms with van der Waals surface area (Å²) in [5.41, 5.74) is 0.215. The molecular weight excluding hydrogens is 598 g/mol. The Morgan fingerprint density at radius 1 is 1.00 bits per heavy atom. The number of carbonyl (C=O) groups is 3. The molecule has 13 heteroatoms. The molecule has 44 heavy (non-hydrogen) atoms. The van der Waals surface area contributed by atoms with Crippen molar-refractivity contribution >= 4 is 30.1 Å². The van der Waals surface area contributed by atoms with Crippen LogP contribution in [-0.2, 0) is 9.53 Å². The number of likely N-dealkylation sites (tertiary alicyclic amines) is 2. The Balaban J connectivity index is 0.000000997. The van der Waals surface area contributed by atoms with E-state index in [2.05, 4.69) is 5.10 Å². The van der Waals surface area contributed by atoms with Crippen LogP contribution in [0.4, 0.5) is 13.6 Å². The number of aromatic nitrogens is 2. The van der Waals surface area contributed by atoms with Crippen LogP contribution in [0.3, 0.4) is 0 Å². The normalized spacial score (nSPS) is 14.5. The standard InChI is InChI=1S/C28H29ClF2N4O4.C2H6.CH2O2/c1-28(2,3)39-27(37)34-15-18(16-34)35-23(8-9-32-35)20-12-17(29)6-7-24(20)38-25-14-21(30)19(13-22(25)31)26(36)33-10-4-5-11-33;1-2;2-1-3/h6-9,12-14,18H,4-5,10-11,15-16H2,1-3H3;1-2H3;1H,(H,2,3). The van der Waals surface area contributed by atoms with Gasteiger partial charge in [-0.15, -0.1) is 0 Å². The molecule has 2 fully saturated rings. The van der Waals surface area contributed by atoms with E-state index in [4.69, 9.17) is 31.0 Å². The molecule has 0 bridgehead atoms. The number of carbonyl (C=O) groups excluding carboxylic acids is 2. The van der Waals surface area contributed by atoms with Crippen molar-refractivity contribution in [1.82, 2.24) is 19.6 Å². The molecule has 1 N–H and O–H groups in total. The van der Waals surface area contributed by atoms with Gasteiger partial charge in [-0.1, -0.05) is 25.4 Å². The number of nitrogens with zero attached hydrogens (tertiary/aromatic N) is 4. The molecule has 2 aromatic carbocycles. The summed E-state index contributed by atoms with van der Waals surface area (Å²) in [6.07, 6.45) is 2.89. The van der Waals surface area contributed by atoms with Gasteiger partial charge in [-0.25, -0.2) is 13.6 Å². The Bertz CT molecular complexity index is 1460. The summed E-state index contributed by atoms with van der Waals surface area (Å²) in [4.78, 5) is 36.4. The molecule has 1 aromatic heterocycles. The Morgan fingerprint density at radius 3 is 2.25 bits per heavy atom. The zero-order valence-corrected chi connectivity index (χ0v) is 26.1. The van der Waals surface area contributed by atoms with Gasteiger partial charge in [0.05, 0.1) is 17.3 Å². The van der Waals surface area contributed by atoms with Crippen LogP contribution in [0.5, 0.6) is 11.5 Å². The van der Waals surface area contributed by atoms with Gasteiger partial charge in [0, 0.05) is 49.0 Å². The number of benzene rings is 2. The monoisotopic (exact) mass is 634 g/mol. The second kappa shape index (κ2) is 15.0. The van der Waals surface area contributed by atoms with Crippen molar-refractivity contribution in [2.75, 3.05) is 26.2 Å². The molecule has 2 aliphatic heterocycles. The summed E-state index contributed by atoms with van der Waals surface area (Å²) in [6.45, 7) is 11.0. The zero-order valence-electron chi connectivity index (χ0n) is 25.3. The van der Waals surface area contributed by atoms with E-state index in [1.807, 2.05) is 34.6 Å². The molecule has 0 unspecified atom stereocenters. The van der Waals surface area contributed by atoms with Crippen LogP contribution in [0.2, 0.25) is 5.02 Å². The summed E-state index contributed by atoms with van der Waals surface area (Å²) < 4.78 is 43.0. The molecule has 0 radical (unpaired) electrons. The molecule has 2 aliphatic rings. The number of hydrogen-bond acceptors (Lipinski definition) is 6. The molecule has 2 saturated heterocycles. The van der Waals surface area contributed by atoms with Crippen molar-refractivity contribution in [3.8, 4) is 22.8 Å². The number of halogens is 3.